The molecule has 0 rings (SSSR count). The van der Waals surface area contributed by atoms with Gasteiger partial charge in [-0.15, -0.1) is 0 Å². The zero-order valence-corrected chi connectivity index (χ0v) is 9.64. The maximum Gasteiger partial charge on any atom is 0.309 e. The predicted octanol–water partition coefficient (Wildman–Crippen LogP) is 0.909. The van der Waals surface area contributed by atoms with Crippen molar-refractivity contribution < 1.29 is 29.7 Å². The van der Waals surface area contributed by atoms with Gasteiger partial charge in [0, 0.05) is 0 Å². The highest BCUT2D eigenvalue weighted by Crippen LogP contribution is 2.41. The lowest BCUT2D eigenvalue weighted by molar-refractivity contribution is -0.174. The van der Waals surface area contributed by atoms with Crippen LogP contribution in [0.1, 0.15) is 27.7 Å². The zero-order valence-electron chi connectivity index (χ0n) is 9.64. The molecule has 0 saturated carbocycles. The maximum absolute atomic E-state index is 11.1. The molecule has 0 aliphatic carbocycles. The van der Waals surface area contributed by atoms with E-state index in [1.165, 1.54) is 27.7 Å². The summed E-state index contributed by atoms with van der Waals surface area (Å²) in [5.74, 6) is -5.63. The molecule has 0 heterocycles. The van der Waals surface area contributed by atoms with E-state index in [0.717, 1.165) is 0 Å². The molecule has 0 unspecified atom stereocenters. The summed E-state index contributed by atoms with van der Waals surface area (Å²) in [6.45, 7) is 4.83. The SMILES string of the molecule is CC(C)(C(=O)O)C(C(=O)O)C(C)(C)C(=O)O. The van der Waals surface area contributed by atoms with E-state index in [9.17, 15) is 14.4 Å². The van der Waals surface area contributed by atoms with Gasteiger partial charge in [-0.25, -0.2) is 0 Å². The van der Waals surface area contributed by atoms with Crippen LogP contribution < -0.4 is 0 Å². The molecular weight excluding hydrogens is 216 g/mol. The number of carboxylic acids is 3. The Morgan fingerprint density at radius 1 is 0.812 bits per heavy atom. The summed E-state index contributed by atoms with van der Waals surface area (Å²) < 4.78 is 0. The Bertz CT molecular complexity index is 302. The van der Waals surface area contributed by atoms with Gasteiger partial charge in [0.1, 0.15) is 0 Å². The molecule has 0 fully saturated rings. The third kappa shape index (κ3) is 2.32. The lowest BCUT2D eigenvalue weighted by Gasteiger charge is -2.36. The molecule has 0 aromatic heterocycles. The largest absolute Gasteiger partial charge is 0.481 e. The van der Waals surface area contributed by atoms with E-state index in [0.29, 0.717) is 0 Å². The fourth-order valence-corrected chi connectivity index (χ4v) is 1.77. The van der Waals surface area contributed by atoms with Gasteiger partial charge in [-0.1, -0.05) is 0 Å². The van der Waals surface area contributed by atoms with Crippen LogP contribution in [0.4, 0.5) is 0 Å². The molecule has 0 aromatic carbocycles. The topological polar surface area (TPSA) is 112 Å². The Morgan fingerprint density at radius 3 is 1.19 bits per heavy atom. The average Bonchev–Trinajstić information content (AvgIpc) is 2.00. The fraction of sp³-hybridized carbons (Fsp3) is 0.700. The number of rotatable bonds is 5. The number of carboxylic acid groups (broad SMARTS) is 3. The number of hydrogen-bond donors (Lipinski definition) is 3. The quantitative estimate of drug-likeness (QED) is 0.649. The van der Waals surface area contributed by atoms with E-state index in [4.69, 9.17) is 15.3 Å². The molecule has 0 radical (unpaired) electrons. The van der Waals surface area contributed by atoms with Gasteiger partial charge in [-0.05, 0) is 27.7 Å². The van der Waals surface area contributed by atoms with Crippen LogP contribution in [0.2, 0.25) is 0 Å². The lowest BCUT2D eigenvalue weighted by Crippen LogP contribution is -2.49. The first-order valence-corrected chi connectivity index (χ1v) is 4.65. The molecule has 0 aliphatic heterocycles. The molecule has 3 N–H and O–H groups in total. The van der Waals surface area contributed by atoms with Crippen molar-refractivity contribution >= 4 is 17.9 Å². The van der Waals surface area contributed by atoms with Gasteiger partial charge in [0.2, 0.25) is 0 Å². The molecule has 0 aromatic rings. The second-order valence-electron chi connectivity index (χ2n) is 4.82. The normalized spacial score (nSPS) is 12.6. The zero-order chi connectivity index (χ0) is 13.3. The van der Waals surface area contributed by atoms with Crippen molar-refractivity contribution in [2.75, 3.05) is 0 Å². The van der Waals surface area contributed by atoms with Gasteiger partial charge >= 0.3 is 17.9 Å². The minimum absolute atomic E-state index is 1.21. The molecule has 6 nitrogen and oxygen atoms in total. The molecule has 0 bridgehead atoms. The highest BCUT2D eigenvalue weighted by Gasteiger charge is 2.53. The second-order valence-corrected chi connectivity index (χ2v) is 4.82. The second kappa shape index (κ2) is 4.11. The molecule has 0 amide bonds. The standard InChI is InChI=1S/C10H16O6/c1-9(2,7(13)14)5(6(11)12)10(3,4)8(15)16/h5H,1-4H3,(H,11,12)(H,13,14)(H,15,16). The molecule has 6 heteroatoms. The van der Waals surface area contributed by atoms with Crippen molar-refractivity contribution in [3.05, 3.63) is 0 Å². The molecule has 16 heavy (non-hydrogen) atoms. The lowest BCUT2D eigenvalue weighted by atomic mass is 9.65. The average molecular weight is 232 g/mol. The van der Waals surface area contributed by atoms with Crippen molar-refractivity contribution in [2.45, 2.75) is 27.7 Å². The molecule has 0 aliphatic rings. The van der Waals surface area contributed by atoms with Gasteiger partial charge in [0.05, 0.1) is 16.7 Å². The highest BCUT2D eigenvalue weighted by molar-refractivity contribution is 5.88. The van der Waals surface area contributed by atoms with E-state index in [2.05, 4.69) is 0 Å². The number of hydrogen-bond acceptors (Lipinski definition) is 3. The summed E-state index contributed by atoms with van der Waals surface area (Å²) in [7, 11) is 0. The first-order chi connectivity index (χ1) is 6.95. The summed E-state index contributed by atoms with van der Waals surface area (Å²) >= 11 is 0. The molecular formula is C10H16O6. The van der Waals surface area contributed by atoms with Gasteiger partial charge in [-0.2, -0.15) is 0 Å². The molecule has 0 spiro atoms. The minimum atomic E-state index is -1.66. The van der Waals surface area contributed by atoms with Crippen molar-refractivity contribution in [1.29, 1.82) is 0 Å². The molecule has 92 valence electrons. The Morgan fingerprint density at radius 2 is 1.06 bits per heavy atom. The highest BCUT2D eigenvalue weighted by atomic mass is 16.4. The van der Waals surface area contributed by atoms with E-state index in [1.54, 1.807) is 0 Å². The van der Waals surface area contributed by atoms with E-state index in [-0.39, 0.29) is 0 Å². The first kappa shape index (κ1) is 14.4. The summed E-state index contributed by atoms with van der Waals surface area (Å²) in [6, 6.07) is 0. The predicted molar refractivity (Wildman–Crippen MR) is 54.0 cm³/mol. The number of carbonyl (C=O) groups is 3. The summed E-state index contributed by atoms with van der Waals surface area (Å²) in [4.78, 5) is 33.0. The maximum atomic E-state index is 11.1. The Labute approximate surface area is 92.9 Å². The smallest absolute Gasteiger partial charge is 0.309 e. The van der Waals surface area contributed by atoms with Crippen molar-refractivity contribution in [1.82, 2.24) is 0 Å². The third-order valence-corrected chi connectivity index (χ3v) is 2.79. The Hall–Kier alpha value is -1.59. The summed E-state index contributed by atoms with van der Waals surface area (Å²) in [5, 5.41) is 26.9. The molecule has 0 atom stereocenters. The van der Waals surface area contributed by atoms with Gasteiger partial charge < -0.3 is 15.3 Å². The van der Waals surface area contributed by atoms with Crippen LogP contribution in [0, 0.1) is 16.7 Å². The van der Waals surface area contributed by atoms with Crippen LogP contribution in [0.25, 0.3) is 0 Å². The Balaban J connectivity index is 5.60. The summed E-state index contributed by atoms with van der Waals surface area (Å²) in [5.41, 5.74) is -3.32. The van der Waals surface area contributed by atoms with E-state index in [1.807, 2.05) is 0 Å². The van der Waals surface area contributed by atoms with E-state index >= 15 is 0 Å². The van der Waals surface area contributed by atoms with Gasteiger partial charge in [-0.3, -0.25) is 14.4 Å². The van der Waals surface area contributed by atoms with Crippen LogP contribution in [0.5, 0.6) is 0 Å². The van der Waals surface area contributed by atoms with Crippen LogP contribution in [-0.2, 0) is 14.4 Å². The first-order valence-electron chi connectivity index (χ1n) is 4.65. The Kier molecular flexibility index (Phi) is 3.70. The molecule has 0 saturated heterocycles. The van der Waals surface area contributed by atoms with Crippen molar-refractivity contribution in [2.24, 2.45) is 16.7 Å². The minimum Gasteiger partial charge on any atom is -0.481 e. The summed E-state index contributed by atoms with van der Waals surface area (Å²) in [6.07, 6.45) is 0. The van der Waals surface area contributed by atoms with Crippen LogP contribution >= 0.6 is 0 Å². The van der Waals surface area contributed by atoms with Gasteiger partial charge in [0.25, 0.3) is 0 Å². The van der Waals surface area contributed by atoms with Crippen LogP contribution in [-0.4, -0.2) is 33.2 Å². The number of aliphatic carboxylic acids is 3. The monoisotopic (exact) mass is 232 g/mol. The van der Waals surface area contributed by atoms with E-state index < -0.39 is 34.7 Å². The van der Waals surface area contributed by atoms with Crippen LogP contribution in [0.15, 0.2) is 0 Å². The van der Waals surface area contributed by atoms with Crippen molar-refractivity contribution in [3.63, 3.8) is 0 Å². The van der Waals surface area contributed by atoms with Gasteiger partial charge in [0.15, 0.2) is 0 Å². The van der Waals surface area contributed by atoms with Crippen LogP contribution in [0.3, 0.4) is 0 Å². The fourth-order valence-electron chi connectivity index (χ4n) is 1.77. The van der Waals surface area contributed by atoms with Crippen molar-refractivity contribution in [3.8, 4) is 0 Å². The third-order valence-electron chi connectivity index (χ3n) is 2.79.